The Bertz CT molecular complexity index is 994. The summed E-state index contributed by atoms with van der Waals surface area (Å²) in [5, 5.41) is 14.7. The molecule has 0 saturated heterocycles. The van der Waals surface area contributed by atoms with E-state index in [1.54, 1.807) is 12.4 Å². The van der Waals surface area contributed by atoms with E-state index >= 15 is 0 Å². The van der Waals surface area contributed by atoms with Crippen molar-refractivity contribution in [1.82, 2.24) is 20.4 Å². The van der Waals surface area contributed by atoms with Gasteiger partial charge in [-0.2, -0.15) is 10.2 Å². The van der Waals surface area contributed by atoms with Crippen molar-refractivity contribution < 1.29 is 4.79 Å². The lowest BCUT2D eigenvalue weighted by Gasteiger charge is -2.15. The standard InChI is InChI=1S/C18H18N6O/c19-18(25)17-14(10-21-24-17)16(11-4-2-1-3-5-11)22-13-6-7-15-12(8-13)9-20-23-15/h4,6-10H,1-3,5H2,(H2,19,25)(H,20,23)(H,21,24)/b22-16+. The number of allylic oxidation sites excluding steroid dienone is 2. The van der Waals surface area contributed by atoms with Crippen LogP contribution in [0.4, 0.5) is 5.69 Å². The number of hydrogen-bond donors (Lipinski definition) is 3. The van der Waals surface area contributed by atoms with E-state index in [-0.39, 0.29) is 5.69 Å². The van der Waals surface area contributed by atoms with Gasteiger partial charge in [-0.15, -0.1) is 0 Å². The number of nitrogens with two attached hydrogens (primary N) is 1. The summed E-state index contributed by atoms with van der Waals surface area (Å²) < 4.78 is 0. The van der Waals surface area contributed by atoms with Crippen molar-refractivity contribution in [3.63, 3.8) is 0 Å². The number of H-pyrrole nitrogens is 2. The van der Waals surface area contributed by atoms with Crippen molar-refractivity contribution >= 4 is 28.2 Å². The summed E-state index contributed by atoms with van der Waals surface area (Å²) in [7, 11) is 0. The number of aliphatic imine (C=N–C) groups is 1. The normalized spacial score (nSPS) is 15.4. The minimum absolute atomic E-state index is 0.217. The molecule has 0 spiro atoms. The molecule has 1 amide bonds. The summed E-state index contributed by atoms with van der Waals surface area (Å²) in [6.45, 7) is 0. The van der Waals surface area contributed by atoms with Gasteiger partial charge in [-0.25, -0.2) is 4.99 Å². The molecular formula is C18H18N6O. The summed E-state index contributed by atoms with van der Waals surface area (Å²) in [6, 6.07) is 5.83. The van der Waals surface area contributed by atoms with Crippen LogP contribution in [0.25, 0.3) is 10.9 Å². The Hall–Kier alpha value is -3.22. The van der Waals surface area contributed by atoms with Crippen LogP contribution in [0.1, 0.15) is 41.7 Å². The molecule has 1 aliphatic carbocycles. The largest absolute Gasteiger partial charge is 0.364 e. The number of benzene rings is 1. The summed E-state index contributed by atoms with van der Waals surface area (Å²) in [4.78, 5) is 16.6. The van der Waals surface area contributed by atoms with Gasteiger partial charge < -0.3 is 5.73 Å². The third kappa shape index (κ3) is 2.96. The Morgan fingerprint density at radius 1 is 1.28 bits per heavy atom. The van der Waals surface area contributed by atoms with Gasteiger partial charge in [0.15, 0.2) is 5.69 Å². The first-order valence-corrected chi connectivity index (χ1v) is 8.27. The summed E-state index contributed by atoms with van der Waals surface area (Å²) in [5.41, 5.74) is 9.97. The Morgan fingerprint density at radius 3 is 3.00 bits per heavy atom. The molecule has 126 valence electrons. The number of rotatable bonds is 4. The van der Waals surface area contributed by atoms with Crippen molar-refractivity contribution in [2.45, 2.75) is 25.7 Å². The number of primary amides is 1. The van der Waals surface area contributed by atoms with Gasteiger partial charge in [0, 0.05) is 11.6 Å². The van der Waals surface area contributed by atoms with Crippen molar-refractivity contribution in [1.29, 1.82) is 0 Å². The van der Waals surface area contributed by atoms with Gasteiger partial charge in [-0.3, -0.25) is 15.0 Å². The summed E-state index contributed by atoms with van der Waals surface area (Å²) >= 11 is 0. The van der Waals surface area contributed by atoms with Crippen LogP contribution in [-0.4, -0.2) is 32.0 Å². The highest BCUT2D eigenvalue weighted by molar-refractivity contribution is 6.18. The first kappa shape index (κ1) is 15.3. The quantitative estimate of drug-likeness (QED) is 0.637. The molecule has 4 N–H and O–H groups in total. The third-order valence-electron chi connectivity index (χ3n) is 4.39. The maximum atomic E-state index is 11.7. The van der Waals surface area contributed by atoms with Gasteiger partial charge >= 0.3 is 0 Å². The van der Waals surface area contributed by atoms with E-state index in [0.717, 1.165) is 47.1 Å². The molecule has 0 aliphatic heterocycles. The molecule has 0 atom stereocenters. The van der Waals surface area contributed by atoms with Gasteiger partial charge in [0.1, 0.15) is 0 Å². The molecule has 1 aromatic carbocycles. The number of carbonyl (C=O) groups excluding carboxylic acids is 1. The molecule has 0 saturated carbocycles. The predicted octanol–water partition coefficient (Wildman–Crippen LogP) is 3.01. The number of aromatic amines is 2. The van der Waals surface area contributed by atoms with Crippen LogP contribution >= 0.6 is 0 Å². The number of nitrogens with one attached hydrogen (secondary N) is 2. The Morgan fingerprint density at radius 2 is 2.20 bits per heavy atom. The summed E-state index contributed by atoms with van der Waals surface area (Å²) in [6.07, 6.45) is 9.86. The van der Waals surface area contributed by atoms with Crippen molar-refractivity contribution in [2.24, 2.45) is 10.7 Å². The average Bonchev–Trinajstić information content (AvgIpc) is 3.29. The Labute approximate surface area is 144 Å². The molecule has 4 rings (SSSR count). The summed E-state index contributed by atoms with van der Waals surface area (Å²) in [5.74, 6) is -0.564. The zero-order valence-electron chi connectivity index (χ0n) is 13.6. The SMILES string of the molecule is NC(=O)c1n[nH]cc1/C(=N/c1ccc2[nH]ncc2c1)C1=CCCCC1. The first-order chi connectivity index (χ1) is 12.2. The predicted molar refractivity (Wildman–Crippen MR) is 95.9 cm³/mol. The molecule has 2 aromatic heterocycles. The fourth-order valence-corrected chi connectivity index (χ4v) is 3.15. The second-order valence-electron chi connectivity index (χ2n) is 6.09. The van der Waals surface area contributed by atoms with Gasteiger partial charge in [-0.1, -0.05) is 6.08 Å². The Kier molecular flexibility index (Phi) is 3.89. The minimum atomic E-state index is -0.564. The molecule has 0 bridgehead atoms. The molecule has 0 unspecified atom stereocenters. The van der Waals surface area contributed by atoms with Crippen molar-refractivity contribution in [3.05, 3.63) is 53.5 Å². The van der Waals surface area contributed by atoms with Crippen LogP contribution in [0.3, 0.4) is 0 Å². The number of nitrogens with zero attached hydrogens (tertiary/aromatic N) is 3. The highest BCUT2D eigenvalue weighted by Gasteiger charge is 2.20. The van der Waals surface area contributed by atoms with Crippen molar-refractivity contribution in [3.8, 4) is 0 Å². The lowest BCUT2D eigenvalue weighted by atomic mass is 9.92. The zero-order chi connectivity index (χ0) is 17.2. The van der Waals surface area contributed by atoms with Gasteiger partial charge in [0.05, 0.1) is 28.7 Å². The number of carbonyl (C=O) groups is 1. The minimum Gasteiger partial charge on any atom is -0.364 e. The van der Waals surface area contributed by atoms with Crippen LogP contribution in [0.2, 0.25) is 0 Å². The number of fused-ring (bicyclic) bond motifs is 1. The molecule has 2 heterocycles. The van der Waals surface area contributed by atoms with Crippen LogP contribution in [0, 0.1) is 0 Å². The Balaban J connectivity index is 1.85. The molecule has 0 radical (unpaired) electrons. The topological polar surface area (TPSA) is 113 Å². The second-order valence-corrected chi connectivity index (χ2v) is 6.09. The zero-order valence-corrected chi connectivity index (χ0v) is 13.6. The van der Waals surface area contributed by atoms with Crippen molar-refractivity contribution in [2.75, 3.05) is 0 Å². The van der Waals surface area contributed by atoms with Gasteiger partial charge in [-0.05, 0) is 49.5 Å². The molecular weight excluding hydrogens is 316 g/mol. The molecule has 0 fully saturated rings. The van der Waals surface area contributed by atoms with Crippen LogP contribution < -0.4 is 5.73 Å². The van der Waals surface area contributed by atoms with E-state index in [1.807, 2.05) is 18.2 Å². The highest BCUT2D eigenvalue weighted by atomic mass is 16.1. The van der Waals surface area contributed by atoms with E-state index in [2.05, 4.69) is 26.5 Å². The monoisotopic (exact) mass is 334 g/mol. The lowest BCUT2D eigenvalue weighted by molar-refractivity contribution is 0.0995. The third-order valence-corrected chi connectivity index (χ3v) is 4.39. The molecule has 7 nitrogen and oxygen atoms in total. The fraction of sp³-hybridized carbons (Fsp3) is 0.222. The molecule has 7 heteroatoms. The lowest BCUT2D eigenvalue weighted by Crippen LogP contribution is -2.17. The number of aromatic nitrogens is 4. The number of hydrogen-bond acceptors (Lipinski definition) is 4. The molecule has 3 aromatic rings. The fourth-order valence-electron chi connectivity index (χ4n) is 3.15. The van der Waals surface area contributed by atoms with E-state index in [9.17, 15) is 4.79 Å². The average molecular weight is 334 g/mol. The smallest absolute Gasteiger partial charge is 0.269 e. The maximum Gasteiger partial charge on any atom is 0.269 e. The number of amides is 1. The van der Waals surface area contributed by atoms with E-state index in [0.29, 0.717) is 5.56 Å². The van der Waals surface area contributed by atoms with Crippen LogP contribution in [-0.2, 0) is 0 Å². The highest BCUT2D eigenvalue weighted by Crippen LogP contribution is 2.27. The molecule has 25 heavy (non-hydrogen) atoms. The van der Waals surface area contributed by atoms with Crippen LogP contribution in [0.15, 0.2) is 47.2 Å². The van der Waals surface area contributed by atoms with E-state index in [1.165, 1.54) is 6.42 Å². The molecule has 1 aliphatic rings. The van der Waals surface area contributed by atoms with Crippen LogP contribution in [0.5, 0.6) is 0 Å². The van der Waals surface area contributed by atoms with E-state index in [4.69, 9.17) is 10.7 Å². The van der Waals surface area contributed by atoms with E-state index < -0.39 is 5.91 Å². The first-order valence-electron chi connectivity index (χ1n) is 8.27. The maximum absolute atomic E-state index is 11.7. The second kappa shape index (κ2) is 6.35. The van der Waals surface area contributed by atoms with Gasteiger partial charge in [0.2, 0.25) is 0 Å². The van der Waals surface area contributed by atoms with Gasteiger partial charge in [0.25, 0.3) is 5.91 Å².